The van der Waals surface area contributed by atoms with Crippen molar-refractivity contribution in [3.05, 3.63) is 35.0 Å². The van der Waals surface area contributed by atoms with E-state index >= 15 is 0 Å². The molecule has 1 fully saturated rings. The first-order valence-corrected chi connectivity index (χ1v) is 10.4. The van der Waals surface area contributed by atoms with E-state index in [9.17, 15) is 4.79 Å². The minimum Gasteiger partial charge on any atom is -0.378 e. The first kappa shape index (κ1) is 19.0. The Bertz CT molecular complexity index is 1080. The second-order valence-corrected chi connectivity index (χ2v) is 8.02. The number of fused-ring (bicyclic) bond motifs is 2. The predicted molar refractivity (Wildman–Crippen MR) is 110 cm³/mol. The molecule has 0 bridgehead atoms. The Labute approximate surface area is 174 Å². The number of amides is 1. The van der Waals surface area contributed by atoms with Crippen LogP contribution in [0.5, 0.6) is 0 Å². The van der Waals surface area contributed by atoms with Gasteiger partial charge in [-0.1, -0.05) is 0 Å². The zero-order valence-electron chi connectivity index (χ0n) is 17.3. The average molecular weight is 410 g/mol. The van der Waals surface area contributed by atoms with E-state index in [4.69, 9.17) is 4.74 Å². The van der Waals surface area contributed by atoms with Crippen LogP contribution in [0.15, 0.2) is 12.5 Å². The maximum Gasteiger partial charge on any atom is 0.257 e. The summed E-state index contributed by atoms with van der Waals surface area (Å²) in [4.78, 5) is 23.6. The van der Waals surface area contributed by atoms with E-state index in [1.807, 2.05) is 23.4 Å². The van der Waals surface area contributed by atoms with Crippen LogP contribution in [0.25, 0.3) is 5.78 Å². The van der Waals surface area contributed by atoms with Gasteiger partial charge in [-0.2, -0.15) is 19.7 Å². The number of carbonyl (C=O) groups is 1. The number of anilines is 1. The molecule has 0 aromatic carbocycles. The molecule has 1 saturated heterocycles. The Morgan fingerprint density at radius 1 is 1.23 bits per heavy atom. The molecule has 2 aliphatic heterocycles. The third-order valence-electron chi connectivity index (χ3n) is 6.17. The highest BCUT2D eigenvalue weighted by Gasteiger charge is 2.28. The standard InChI is InChI=1S/C20H26N8O2/c1-13-14(2)25-20-22-12-24-28(20)18(13)21-10-15-3-4-27-17(9-15)16(11-23-27)19(29)26-5-7-30-8-6-26/h11-12,15,21H,3-10H2,1-2H3/t15-/m0/s1. The third kappa shape index (κ3) is 3.30. The number of nitrogens with one attached hydrogen (secondary N) is 1. The molecular weight excluding hydrogens is 384 g/mol. The zero-order valence-corrected chi connectivity index (χ0v) is 17.3. The fourth-order valence-corrected chi connectivity index (χ4v) is 4.27. The molecule has 0 saturated carbocycles. The van der Waals surface area contributed by atoms with Crippen molar-refractivity contribution in [2.75, 3.05) is 38.2 Å². The smallest absolute Gasteiger partial charge is 0.257 e. The van der Waals surface area contributed by atoms with Crippen molar-refractivity contribution in [3.8, 4) is 0 Å². The summed E-state index contributed by atoms with van der Waals surface area (Å²) in [5.41, 5.74) is 3.78. The van der Waals surface area contributed by atoms with E-state index in [0.29, 0.717) is 38.0 Å². The van der Waals surface area contributed by atoms with Crippen LogP contribution in [-0.4, -0.2) is 73.0 Å². The largest absolute Gasteiger partial charge is 0.378 e. The van der Waals surface area contributed by atoms with Gasteiger partial charge in [-0.3, -0.25) is 9.48 Å². The first-order chi connectivity index (χ1) is 14.6. The van der Waals surface area contributed by atoms with Crippen LogP contribution in [0.2, 0.25) is 0 Å². The Balaban J connectivity index is 1.32. The molecule has 30 heavy (non-hydrogen) atoms. The van der Waals surface area contributed by atoms with Gasteiger partial charge in [0.25, 0.3) is 11.7 Å². The fraction of sp³-hybridized carbons (Fsp3) is 0.550. The molecule has 0 aliphatic carbocycles. The van der Waals surface area contributed by atoms with E-state index < -0.39 is 0 Å². The van der Waals surface area contributed by atoms with Crippen molar-refractivity contribution >= 4 is 17.5 Å². The minimum absolute atomic E-state index is 0.0677. The summed E-state index contributed by atoms with van der Waals surface area (Å²) in [6.45, 7) is 8.12. The summed E-state index contributed by atoms with van der Waals surface area (Å²) >= 11 is 0. The molecule has 158 valence electrons. The maximum absolute atomic E-state index is 13.0. The van der Waals surface area contributed by atoms with E-state index in [1.165, 1.54) is 6.33 Å². The van der Waals surface area contributed by atoms with E-state index in [0.717, 1.165) is 54.3 Å². The summed E-state index contributed by atoms with van der Waals surface area (Å²) in [5.74, 6) is 1.99. The van der Waals surface area contributed by atoms with E-state index in [-0.39, 0.29) is 5.91 Å². The Kier molecular flexibility index (Phi) is 4.86. The van der Waals surface area contributed by atoms with E-state index in [2.05, 4.69) is 25.5 Å². The van der Waals surface area contributed by atoms with Crippen molar-refractivity contribution in [2.24, 2.45) is 5.92 Å². The van der Waals surface area contributed by atoms with Crippen LogP contribution in [0.3, 0.4) is 0 Å². The highest BCUT2D eigenvalue weighted by Crippen LogP contribution is 2.26. The molecule has 0 spiro atoms. The van der Waals surface area contributed by atoms with Crippen molar-refractivity contribution < 1.29 is 9.53 Å². The zero-order chi connectivity index (χ0) is 20.7. The number of hydrogen-bond acceptors (Lipinski definition) is 7. The third-order valence-corrected chi connectivity index (χ3v) is 6.17. The van der Waals surface area contributed by atoms with Crippen LogP contribution < -0.4 is 5.32 Å². The number of aromatic nitrogens is 6. The van der Waals surface area contributed by atoms with Gasteiger partial charge in [0.1, 0.15) is 12.1 Å². The second kappa shape index (κ2) is 7.67. The summed E-state index contributed by atoms with van der Waals surface area (Å²) in [5, 5.41) is 12.3. The normalized spacial score (nSPS) is 19.1. The van der Waals surface area contributed by atoms with Gasteiger partial charge in [-0.25, -0.2) is 4.98 Å². The number of aryl methyl sites for hydroxylation is 2. The van der Waals surface area contributed by atoms with Gasteiger partial charge >= 0.3 is 0 Å². The predicted octanol–water partition coefficient (Wildman–Crippen LogP) is 1.08. The van der Waals surface area contributed by atoms with Crippen LogP contribution in [0.1, 0.15) is 33.7 Å². The van der Waals surface area contributed by atoms with Gasteiger partial charge in [0.15, 0.2) is 0 Å². The Morgan fingerprint density at radius 3 is 2.90 bits per heavy atom. The molecule has 5 rings (SSSR count). The van der Waals surface area contributed by atoms with Gasteiger partial charge < -0.3 is 15.0 Å². The van der Waals surface area contributed by atoms with Crippen LogP contribution in [0, 0.1) is 19.8 Å². The highest BCUT2D eigenvalue weighted by molar-refractivity contribution is 5.95. The Morgan fingerprint density at radius 2 is 2.07 bits per heavy atom. The van der Waals surface area contributed by atoms with Gasteiger partial charge in [-0.15, -0.1) is 0 Å². The lowest BCUT2D eigenvalue weighted by Gasteiger charge is -2.28. The molecule has 10 heteroatoms. The maximum atomic E-state index is 13.0. The first-order valence-electron chi connectivity index (χ1n) is 10.4. The Hall–Kier alpha value is -3.01. The summed E-state index contributed by atoms with van der Waals surface area (Å²) in [7, 11) is 0. The molecule has 3 aromatic heterocycles. The number of hydrogen-bond donors (Lipinski definition) is 1. The fourth-order valence-electron chi connectivity index (χ4n) is 4.27. The van der Waals surface area contributed by atoms with Gasteiger partial charge in [0, 0.05) is 37.4 Å². The van der Waals surface area contributed by atoms with Crippen molar-refractivity contribution in [3.63, 3.8) is 0 Å². The molecule has 1 amide bonds. The SMILES string of the molecule is Cc1nc2ncnn2c(NC[C@H]2CCn3ncc(C(=O)N4CCOCC4)c3C2)c1C. The lowest BCUT2D eigenvalue weighted by molar-refractivity contribution is 0.0301. The average Bonchev–Trinajstić information content (AvgIpc) is 3.40. The number of ether oxygens (including phenoxy) is 1. The van der Waals surface area contributed by atoms with Gasteiger partial charge in [0.2, 0.25) is 0 Å². The number of rotatable bonds is 4. The molecule has 0 radical (unpaired) electrons. The highest BCUT2D eigenvalue weighted by atomic mass is 16.5. The number of carbonyl (C=O) groups excluding carboxylic acids is 1. The number of morpholine rings is 1. The summed E-state index contributed by atoms with van der Waals surface area (Å²) in [6, 6.07) is 0. The minimum atomic E-state index is 0.0677. The molecular formula is C20H26N8O2. The van der Waals surface area contributed by atoms with Gasteiger partial charge in [0.05, 0.1) is 30.7 Å². The molecule has 10 nitrogen and oxygen atoms in total. The lowest BCUT2D eigenvalue weighted by atomic mass is 9.94. The van der Waals surface area contributed by atoms with Crippen molar-refractivity contribution in [1.82, 2.24) is 34.3 Å². The van der Waals surface area contributed by atoms with Crippen molar-refractivity contribution in [2.45, 2.75) is 33.2 Å². The van der Waals surface area contributed by atoms with Crippen LogP contribution in [0.4, 0.5) is 5.82 Å². The molecule has 3 aromatic rings. The summed E-state index contributed by atoms with van der Waals surface area (Å²) < 4.78 is 9.12. The molecule has 1 atom stereocenters. The molecule has 0 unspecified atom stereocenters. The lowest BCUT2D eigenvalue weighted by Crippen LogP contribution is -2.41. The molecule has 1 N–H and O–H groups in total. The van der Waals surface area contributed by atoms with E-state index in [1.54, 1.807) is 10.7 Å². The second-order valence-electron chi connectivity index (χ2n) is 8.02. The molecule has 5 heterocycles. The van der Waals surface area contributed by atoms with Crippen LogP contribution in [-0.2, 0) is 17.7 Å². The summed E-state index contributed by atoms with van der Waals surface area (Å²) in [6.07, 6.45) is 5.09. The number of nitrogens with zero attached hydrogens (tertiary/aromatic N) is 7. The monoisotopic (exact) mass is 410 g/mol. The van der Waals surface area contributed by atoms with Crippen molar-refractivity contribution in [1.29, 1.82) is 0 Å². The van der Waals surface area contributed by atoms with Crippen LogP contribution >= 0.6 is 0 Å². The quantitative estimate of drug-likeness (QED) is 0.687. The topological polar surface area (TPSA) is 102 Å². The van der Waals surface area contributed by atoms with Gasteiger partial charge in [-0.05, 0) is 32.6 Å². The molecule has 2 aliphatic rings.